The molecule has 0 aromatic heterocycles. The maximum atomic E-state index is 13.3. The van der Waals surface area contributed by atoms with E-state index in [-0.39, 0.29) is 107 Å². The highest BCUT2D eigenvalue weighted by atomic mass is 16.6. The summed E-state index contributed by atoms with van der Waals surface area (Å²) in [6.07, 6.45) is 34.9. The van der Waals surface area contributed by atoms with Crippen LogP contribution in [-0.2, 0) is 76.3 Å². The second-order valence-corrected chi connectivity index (χ2v) is 48.4. The second-order valence-electron chi connectivity index (χ2n) is 48.4. The monoisotopic (exact) mass is 1630 g/mol. The Hall–Kier alpha value is -4.24. The fourth-order valence-corrected chi connectivity index (χ4v) is 30.8. The lowest BCUT2D eigenvalue weighted by Crippen LogP contribution is -2.51. The zero-order valence-electron chi connectivity index (χ0n) is 76.6. The lowest BCUT2D eigenvalue weighted by molar-refractivity contribution is -0.191. The number of ether oxygens (including phenoxy) is 8. The lowest BCUT2D eigenvalue weighted by Gasteiger charge is -2.48. The third-order valence-electron chi connectivity index (χ3n) is 37.4. The van der Waals surface area contributed by atoms with Crippen LogP contribution in [0.3, 0.4) is 0 Å². The van der Waals surface area contributed by atoms with E-state index in [9.17, 15) is 38.4 Å². The van der Waals surface area contributed by atoms with E-state index in [0.29, 0.717) is 82.9 Å². The van der Waals surface area contributed by atoms with Crippen molar-refractivity contribution >= 4 is 47.8 Å². The summed E-state index contributed by atoms with van der Waals surface area (Å²) in [6, 6.07) is 0. The minimum atomic E-state index is -0.651. The Morgan fingerprint density at radius 3 is 1.29 bits per heavy atom. The molecule has 18 rings (SSSR count). The Kier molecular flexibility index (Phi) is 23.8. The number of hydrogen-bond donors (Lipinski definition) is 0. The standard InChI is InChI=1S/C28H42O4.C28H44O4.C24H38O4.C21H34O4/c1-7-28(5,6)26(30)31-20-11-14-10-17(20)24-19-12-18(22(14)24)23-15-8-13(21(19)23)9-16(15)25(29)32-27(2,3)4;1-6-27(2,3)26(30)31-22-15-17-14-21(22)24-16-12-19(23(17)24)20(13-16)25(29)32-28(4,5)18-10-8-7-9-11-18;1-7-23(5,6)21(26)28-24(13-18(25)27-22(2,3)4)12-16-11-17(24)20-15-9-8-14(10-15)19(16)20;1-5-19(2,3)18(23)25-21(13-15-8-9-16(21)12-15)14-17(22)24-20(4)10-6-7-11-20/h13-24H,7-12H2,1-6H3;16-24H,6-15H2,1-5H3;14-17,19-20H,7-13H2,1-6H3;15-16H,5-14H2,1-4H3. The number of hydrogen-bond acceptors (Lipinski definition) is 16. The normalized spacial score (nSPS) is 41.9. The molecule has 18 aliphatic carbocycles. The van der Waals surface area contributed by atoms with Crippen LogP contribution in [0.15, 0.2) is 0 Å². The highest BCUT2D eigenvalue weighted by Crippen LogP contribution is 2.78. The molecule has 18 saturated carbocycles. The van der Waals surface area contributed by atoms with Gasteiger partial charge in [0.15, 0.2) is 0 Å². The fourth-order valence-electron chi connectivity index (χ4n) is 30.8. The maximum Gasteiger partial charge on any atom is 0.312 e. The van der Waals surface area contributed by atoms with E-state index in [1.807, 2.05) is 118 Å². The number of carbonyl (C=O) groups excluding carboxylic acids is 8. The van der Waals surface area contributed by atoms with Crippen molar-refractivity contribution in [2.24, 2.45) is 181 Å². The molecule has 0 aromatic rings. The second kappa shape index (κ2) is 31.8. The Morgan fingerprint density at radius 1 is 0.342 bits per heavy atom. The zero-order chi connectivity index (χ0) is 84.4. The molecule has 0 spiro atoms. The van der Waals surface area contributed by atoms with Gasteiger partial charge in [-0.3, -0.25) is 38.4 Å². The van der Waals surface area contributed by atoms with Crippen molar-refractivity contribution in [1.29, 1.82) is 0 Å². The fraction of sp³-hybridized carbons (Fsp3) is 0.921. The lowest BCUT2D eigenvalue weighted by atomic mass is 9.58. The molecule has 16 heteroatoms. The molecule has 30 atom stereocenters. The van der Waals surface area contributed by atoms with Gasteiger partial charge in [0.25, 0.3) is 0 Å². The molecule has 16 bridgehead atoms. The van der Waals surface area contributed by atoms with Crippen molar-refractivity contribution in [3.63, 3.8) is 0 Å². The van der Waals surface area contributed by atoms with Gasteiger partial charge in [-0.25, -0.2) is 0 Å². The van der Waals surface area contributed by atoms with E-state index in [0.717, 1.165) is 174 Å². The molecule has 0 amide bonds. The number of fused-ring (bicyclic) bond motifs is 36. The molecule has 0 N–H and O–H groups in total. The summed E-state index contributed by atoms with van der Waals surface area (Å²) in [5.74, 6) is 16.2. The maximum absolute atomic E-state index is 13.3. The van der Waals surface area contributed by atoms with Crippen LogP contribution >= 0.6 is 0 Å². The molecule has 18 fully saturated rings. The quantitative estimate of drug-likeness (QED) is 0.0594. The molecule has 117 heavy (non-hydrogen) atoms. The Morgan fingerprint density at radius 2 is 0.786 bits per heavy atom. The van der Waals surface area contributed by atoms with Crippen LogP contribution in [0.1, 0.15) is 357 Å². The highest BCUT2D eigenvalue weighted by molar-refractivity contribution is 5.80. The molecular formula is C101H158O16. The molecule has 30 unspecified atom stereocenters. The van der Waals surface area contributed by atoms with Gasteiger partial charge in [-0.05, 0) is 440 Å². The van der Waals surface area contributed by atoms with Gasteiger partial charge < -0.3 is 37.9 Å². The summed E-state index contributed by atoms with van der Waals surface area (Å²) < 4.78 is 48.4. The SMILES string of the molecule is CCC(C)(C)C(=O)OC1(CC(=O)OC(C)(C)C)CC2CC1C1C3CCC(C3)C21.CCC(C)(C)C(=O)OC1(CC(=O)OC2(C)CCCC2)CC2CCC1C2.CCC(C)(C)C(=O)OC1CC2CC1C1C3CC(C(=O)OC(C)(C)C4CCCCC4)C(C3)C21.CCC(C)(C)C(=O)OC1CC2CC1C1C3CC(C21)C1C2CC(CC2C(=O)OC(C)(C)C)C31. The first-order chi connectivity index (χ1) is 54.8. The first-order valence-electron chi connectivity index (χ1n) is 48.5. The van der Waals surface area contributed by atoms with Crippen LogP contribution < -0.4 is 0 Å². The van der Waals surface area contributed by atoms with Gasteiger partial charge in [0, 0.05) is 5.92 Å². The first-order valence-corrected chi connectivity index (χ1v) is 48.5. The largest absolute Gasteiger partial charge is 0.462 e. The smallest absolute Gasteiger partial charge is 0.312 e. The molecular weight excluding hydrogens is 1470 g/mol. The van der Waals surface area contributed by atoms with Crippen LogP contribution in [0, 0.1) is 181 Å². The minimum Gasteiger partial charge on any atom is -0.462 e. The van der Waals surface area contributed by atoms with Gasteiger partial charge in [-0.1, -0.05) is 47.0 Å². The van der Waals surface area contributed by atoms with Crippen LogP contribution in [0.25, 0.3) is 0 Å². The van der Waals surface area contributed by atoms with E-state index in [1.165, 1.54) is 89.9 Å². The first kappa shape index (κ1) is 87.7. The van der Waals surface area contributed by atoms with Crippen molar-refractivity contribution < 1.29 is 76.3 Å². The molecule has 16 nitrogen and oxygen atoms in total. The van der Waals surface area contributed by atoms with Gasteiger partial charge in [0.05, 0.1) is 46.3 Å². The molecule has 0 heterocycles. The van der Waals surface area contributed by atoms with Gasteiger partial charge in [-0.15, -0.1) is 0 Å². The van der Waals surface area contributed by atoms with E-state index < -0.39 is 33.0 Å². The molecule has 18 aliphatic rings. The summed E-state index contributed by atoms with van der Waals surface area (Å²) in [5.41, 5.74) is -4.62. The summed E-state index contributed by atoms with van der Waals surface area (Å²) in [7, 11) is 0. The summed E-state index contributed by atoms with van der Waals surface area (Å²) in [5, 5.41) is 0. The summed E-state index contributed by atoms with van der Waals surface area (Å²) in [4.78, 5) is 103. The predicted octanol–water partition coefficient (Wildman–Crippen LogP) is 21.6. The highest BCUT2D eigenvalue weighted by Gasteiger charge is 2.75. The van der Waals surface area contributed by atoms with Crippen molar-refractivity contribution in [1.82, 2.24) is 0 Å². The molecule has 0 aromatic carbocycles. The molecule has 0 saturated heterocycles. The van der Waals surface area contributed by atoms with E-state index in [4.69, 9.17) is 37.9 Å². The van der Waals surface area contributed by atoms with Crippen LogP contribution in [0.2, 0.25) is 0 Å². The Labute approximate surface area is 704 Å². The van der Waals surface area contributed by atoms with Crippen LogP contribution in [0.4, 0.5) is 0 Å². The van der Waals surface area contributed by atoms with Crippen molar-refractivity contribution in [3.8, 4) is 0 Å². The number of esters is 8. The topological polar surface area (TPSA) is 210 Å². The van der Waals surface area contributed by atoms with Gasteiger partial charge in [-0.2, -0.15) is 0 Å². The summed E-state index contributed by atoms with van der Waals surface area (Å²) >= 11 is 0. The molecule has 658 valence electrons. The Balaban J connectivity index is 0.000000123. The van der Waals surface area contributed by atoms with Crippen molar-refractivity contribution in [2.75, 3.05) is 0 Å². The molecule has 0 radical (unpaired) electrons. The van der Waals surface area contributed by atoms with Crippen LogP contribution in [-0.4, -0.2) is 93.6 Å². The van der Waals surface area contributed by atoms with E-state index in [1.54, 1.807) is 0 Å². The predicted molar refractivity (Wildman–Crippen MR) is 448 cm³/mol. The zero-order valence-corrected chi connectivity index (χ0v) is 76.6. The Bertz CT molecular complexity index is 3700. The van der Waals surface area contributed by atoms with E-state index >= 15 is 0 Å². The number of rotatable bonds is 21. The minimum absolute atomic E-state index is 0.00950. The van der Waals surface area contributed by atoms with E-state index in [2.05, 4.69) is 27.7 Å². The summed E-state index contributed by atoms with van der Waals surface area (Å²) in [6.45, 7) is 41.9. The van der Waals surface area contributed by atoms with Gasteiger partial charge in [0.1, 0.15) is 45.8 Å². The third-order valence-corrected chi connectivity index (χ3v) is 37.4. The van der Waals surface area contributed by atoms with Crippen LogP contribution in [0.5, 0.6) is 0 Å². The third kappa shape index (κ3) is 16.4. The molecule has 0 aliphatic heterocycles. The van der Waals surface area contributed by atoms with Gasteiger partial charge >= 0.3 is 47.8 Å². The number of carbonyl (C=O) groups is 8. The van der Waals surface area contributed by atoms with Crippen molar-refractivity contribution in [2.45, 2.75) is 403 Å². The van der Waals surface area contributed by atoms with Crippen molar-refractivity contribution in [3.05, 3.63) is 0 Å². The average molecular weight is 1630 g/mol. The van der Waals surface area contributed by atoms with Gasteiger partial charge in [0.2, 0.25) is 0 Å². The average Bonchev–Trinajstić information content (AvgIpc) is 1.52.